The Hall–Kier alpha value is -3.25. The molecule has 0 saturated heterocycles. The van der Waals surface area contributed by atoms with Crippen LogP contribution in [0.25, 0.3) is 10.9 Å². The predicted molar refractivity (Wildman–Crippen MR) is 133 cm³/mol. The molecule has 6 heteroatoms. The van der Waals surface area contributed by atoms with E-state index in [-0.39, 0.29) is 11.0 Å². The molecule has 4 rings (SSSR count). The van der Waals surface area contributed by atoms with E-state index in [4.69, 9.17) is 9.72 Å². The van der Waals surface area contributed by atoms with Crippen molar-refractivity contribution in [3.63, 3.8) is 0 Å². The molecule has 0 aliphatic rings. The number of hydrogen-bond donors (Lipinski definition) is 0. The number of ether oxygens (including phenoxy) is 1. The molecule has 0 spiro atoms. The summed E-state index contributed by atoms with van der Waals surface area (Å²) in [6.07, 6.45) is 1.67. The molecule has 0 unspecified atom stereocenters. The first kappa shape index (κ1) is 22.0. The highest BCUT2D eigenvalue weighted by Gasteiger charge is 2.22. The van der Waals surface area contributed by atoms with Crippen LogP contribution in [0.4, 0.5) is 0 Å². The highest BCUT2D eigenvalue weighted by atomic mass is 79.9. The van der Waals surface area contributed by atoms with Gasteiger partial charge in [0.2, 0.25) is 0 Å². The molecule has 0 bridgehead atoms. The molecule has 1 heterocycles. The average molecular weight is 490 g/mol. The number of nitrogens with zero attached hydrogens (tertiary/aromatic N) is 3. The van der Waals surface area contributed by atoms with Gasteiger partial charge in [-0.1, -0.05) is 67.0 Å². The normalized spacial score (nSPS) is 11.9. The summed E-state index contributed by atoms with van der Waals surface area (Å²) < 4.78 is 8.06. The van der Waals surface area contributed by atoms with Crippen LogP contribution in [0.3, 0.4) is 0 Å². The molecule has 0 amide bonds. The molecule has 0 radical (unpaired) electrons. The standard InChI is InChI=1S/C26H24BrN3O2/c1-26(2,3)25-29-23-14-11-20(27)15-22(23)24(31)30(25)28-16-18-9-12-21(13-10-18)32-17-19-7-5-4-6-8-19/h4-16H,17H2,1-3H3. The van der Waals surface area contributed by atoms with Crippen LogP contribution < -0.4 is 10.3 Å². The van der Waals surface area contributed by atoms with Crippen molar-refractivity contribution < 1.29 is 4.74 Å². The Morgan fingerprint density at radius 2 is 1.75 bits per heavy atom. The van der Waals surface area contributed by atoms with Gasteiger partial charge in [-0.05, 0) is 53.6 Å². The lowest BCUT2D eigenvalue weighted by Gasteiger charge is -2.20. The van der Waals surface area contributed by atoms with Gasteiger partial charge in [0.1, 0.15) is 18.2 Å². The van der Waals surface area contributed by atoms with E-state index in [0.717, 1.165) is 21.3 Å². The minimum absolute atomic E-state index is 0.194. The van der Waals surface area contributed by atoms with Crippen molar-refractivity contribution in [3.8, 4) is 5.75 Å². The molecule has 4 aromatic rings. The topological polar surface area (TPSA) is 56.5 Å². The van der Waals surface area contributed by atoms with Crippen LogP contribution in [0.1, 0.15) is 37.7 Å². The zero-order valence-electron chi connectivity index (χ0n) is 18.2. The Morgan fingerprint density at radius 1 is 1.03 bits per heavy atom. The van der Waals surface area contributed by atoms with Crippen molar-refractivity contribution in [3.05, 3.63) is 105 Å². The molecular formula is C26H24BrN3O2. The Balaban J connectivity index is 1.61. The number of rotatable bonds is 5. The summed E-state index contributed by atoms with van der Waals surface area (Å²) in [5.41, 5.74) is 2.09. The zero-order chi connectivity index (χ0) is 22.7. The number of halogens is 1. The third-order valence-corrected chi connectivity index (χ3v) is 5.42. The predicted octanol–water partition coefficient (Wildman–Crippen LogP) is 5.92. The fourth-order valence-corrected chi connectivity index (χ4v) is 3.62. The minimum atomic E-state index is -0.354. The van der Waals surface area contributed by atoms with Gasteiger partial charge in [0.15, 0.2) is 0 Å². The van der Waals surface area contributed by atoms with Gasteiger partial charge in [0.25, 0.3) is 5.56 Å². The van der Waals surface area contributed by atoms with Gasteiger partial charge < -0.3 is 4.74 Å². The number of hydrogen-bond acceptors (Lipinski definition) is 4. The first-order valence-electron chi connectivity index (χ1n) is 10.4. The zero-order valence-corrected chi connectivity index (χ0v) is 19.8. The maximum Gasteiger partial charge on any atom is 0.282 e. The van der Waals surface area contributed by atoms with Gasteiger partial charge in [-0.3, -0.25) is 4.79 Å². The maximum absolute atomic E-state index is 13.2. The molecule has 0 atom stereocenters. The Morgan fingerprint density at radius 3 is 2.44 bits per heavy atom. The largest absolute Gasteiger partial charge is 0.489 e. The van der Waals surface area contributed by atoms with Crippen LogP contribution in [0.15, 0.2) is 87.2 Å². The third kappa shape index (κ3) is 4.97. The van der Waals surface area contributed by atoms with Crippen LogP contribution in [0.5, 0.6) is 5.75 Å². The van der Waals surface area contributed by atoms with Gasteiger partial charge in [0, 0.05) is 9.89 Å². The molecule has 162 valence electrons. The first-order chi connectivity index (χ1) is 15.3. The van der Waals surface area contributed by atoms with E-state index in [1.807, 2.05) is 87.5 Å². The summed E-state index contributed by atoms with van der Waals surface area (Å²) in [6.45, 7) is 6.57. The SMILES string of the molecule is CC(C)(C)c1nc2ccc(Br)cc2c(=O)n1N=Cc1ccc(OCc2ccccc2)cc1. The lowest BCUT2D eigenvalue weighted by Crippen LogP contribution is -2.29. The van der Waals surface area contributed by atoms with Gasteiger partial charge in [-0.15, -0.1) is 0 Å². The molecule has 0 aliphatic carbocycles. The molecule has 0 aliphatic heterocycles. The third-order valence-electron chi connectivity index (χ3n) is 4.93. The van der Waals surface area contributed by atoms with Crippen LogP contribution in [-0.2, 0) is 12.0 Å². The molecule has 0 saturated carbocycles. The number of fused-ring (bicyclic) bond motifs is 1. The maximum atomic E-state index is 13.2. The van der Waals surface area contributed by atoms with Crippen molar-refractivity contribution in [2.45, 2.75) is 32.8 Å². The number of benzene rings is 3. The van der Waals surface area contributed by atoms with E-state index in [1.165, 1.54) is 4.68 Å². The highest BCUT2D eigenvalue weighted by Crippen LogP contribution is 2.23. The van der Waals surface area contributed by atoms with Gasteiger partial charge in [0.05, 0.1) is 17.1 Å². The van der Waals surface area contributed by atoms with E-state index in [1.54, 1.807) is 12.3 Å². The smallest absolute Gasteiger partial charge is 0.282 e. The van der Waals surface area contributed by atoms with Crippen molar-refractivity contribution >= 4 is 33.0 Å². The monoisotopic (exact) mass is 489 g/mol. The second kappa shape index (κ2) is 9.09. The van der Waals surface area contributed by atoms with E-state index >= 15 is 0 Å². The lowest BCUT2D eigenvalue weighted by atomic mass is 9.95. The fourth-order valence-electron chi connectivity index (χ4n) is 3.26. The summed E-state index contributed by atoms with van der Waals surface area (Å²) in [4.78, 5) is 17.9. The van der Waals surface area contributed by atoms with Crippen molar-refractivity contribution in [1.29, 1.82) is 0 Å². The Bertz CT molecular complexity index is 1320. The van der Waals surface area contributed by atoms with Crippen molar-refractivity contribution in [2.75, 3.05) is 0 Å². The van der Waals surface area contributed by atoms with Gasteiger partial charge in [-0.25, -0.2) is 4.98 Å². The summed E-state index contributed by atoms with van der Waals surface area (Å²) in [5, 5.41) is 5.03. The van der Waals surface area contributed by atoms with Crippen LogP contribution in [0.2, 0.25) is 0 Å². The van der Waals surface area contributed by atoms with Crippen LogP contribution in [0, 0.1) is 0 Å². The molecule has 0 N–H and O–H groups in total. The fraction of sp³-hybridized carbons (Fsp3) is 0.192. The van der Waals surface area contributed by atoms with E-state index < -0.39 is 0 Å². The van der Waals surface area contributed by atoms with Gasteiger partial charge >= 0.3 is 0 Å². The quantitative estimate of drug-likeness (QED) is 0.327. The molecular weight excluding hydrogens is 466 g/mol. The van der Waals surface area contributed by atoms with E-state index in [0.29, 0.717) is 23.3 Å². The van der Waals surface area contributed by atoms with Crippen LogP contribution in [-0.4, -0.2) is 15.9 Å². The lowest BCUT2D eigenvalue weighted by molar-refractivity contribution is 0.306. The van der Waals surface area contributed by atoms with Crippen molar-refractivity contribution in [1.82, 2.24) is 9.66 Å². The second-order valence-electron chi connectivity index (χ2n) is 8.55. The summed E-state index contributed by atoms with van der Waals surface area (Å²) >= 11 is 3.43. The van der Waals surface area contributed by atoms with Crippen molar-refractivity contribution in [2.24, 2.45) is 5.10 Å². The summed E-state index contributed by atoms with van der Waals surface area (Å²) in [7, 11) is 0. The Labute approximate surface area is 195 Å². The molecule has 32 heavy (non-hydrogen) atoms. The highest BCUT2D eigenvalue weighted by molar-refractivity contribution is 9.10. The van der Waals surface area contributed by atoms with E-state index in [9.17, 15) is 4.79 Å². The summed E-state index contributed by atoms with van der Waals surface area (Å²) in [6, 6.07) is 23.2. The number of aromatic nitrogens is 2. The molecule has 3 aromatic carbocycles. The molecule has 1 aromatic heterocycles. The van der Waals surface area contributed by atoms with Crippen LogP contribution >= 0.6 is 15.9 Å². The summed E-state index contributed by atoms with van der Waals surface area (Å²) in [5.74, 6) is 1.38. The second-order valence-corrected chi connectivity index (χ2v) is 9.47. The molecule has 5 nitrogen and oxygen atoms in total. The Kier molecular flexibility index (Phi) is 6.24. The van der Waals surface area contributed by atoms with E-state index in [2.05, 4.69) is 21.0 Å². The molecule has 0 fully saturated rings. The minimum Gasteiger partial charge on any atom is -0.489 e. The average Bonchev–Trinajstić information content (AvgIpc) is 2.78. The van der Waals surface area contributed by atoms with Gasteiger partial charge in [-0.2, -0.15) is 9.78 Å². The first-order valence-corrected chi connectivity index (χ1v) is 11.1.